The minimum Gasteiger partial charge on any atom is -0.486 e. The van der Waals surface area contributed by atoms with E-state index in [1.165, 1.54) is 36.4 Å². The van der Waals surface area contributed by atoms with Crippen LogP contribution in [0.4, 0.5) is 17.6 Å². The molecule has 0 unspecified atom stereocenters. The third kappa shape index (κ3) is 7.32. The van der Waals surface area contributed by atoms with E-state index >= 15 is 4.39 Å². The van der Waals surface area contributed by atoms with Crippen LogP contribution in [0.3, 0.4) is 0 Å². The van der Waals surface area contributed by atoms with Gasteiger partial charge >= 0.3 is 12.3 Å². The fourth-order valence-corrected chi connectivity index (χ4v) is 4.53. The summed E-state index contributed by atoms with van der Waals surface area (Å²) in [6, 6.07) is 14.6. The molecular weight excluding hydrogens is 572 g/mol. The van der Waals surface area contributed by atoms with Gasteiger partial charge in [-0.25, -0.2) is 9.18 Å². The maximum atomic E-state index is 15.1. The van der Waals surface area contributed by atoms with Gasteiger partial charge in [-0.05, 0) is 80.3 Å². The number of ether oxygens (including phenoxy) is 2. The third-order valence-corrected chi connectivity index (χ3v) is 6.67. The average Bonchev–Trinajstić information content (AvgIpc) is 3.70. The van der Waals surface area contributed by atoms with E-state index in [0.29, 0.717) is 28.2 Å². The van der Waals surface area contributed by atoms with Crippen LogP contribution in [-0.2, 0) is 18.1 Å². The Balaban J connectivity index is 1.30. The predicted molar refractivity (Wildman–Crippen MR) is 146 cm³/mol. The Hall–Kier alpha value is -4.87. The number of oxime groups is 1. The Morgan fingerprint density at radius 1 is 1.05 bits per heavy atom. The van der Waals surface area contributed by atoms with Gasteiger partial charge in [0.2, 0.25) is 0 Å². The van der Waals surface area contributed by atoms with Crippen molar-refractivity contribution in [3.63, 3.8) is 0 Å². The molecule has 1 N–H and O–H groups in total. The molecule has 0 spiro atoms. The summed E-state index contributed by atoms with van der Waals surface area (Å²) in [7, 11) is 0. The molecule has 0 aliphatic heterocycles. The fraction of sp³-hybridized carbons (Fsp3) is 0.258. The van der Waals surface area contributed by atoms with Crippen molar-refractivity contribution >= 4 is 11.7 Å². The molecule has 0 radical (unpaired) electrons. The topological polar surface area (TPSA) is 103 Å². The molecule has 1 heterocycles. The number of aromatic carboxylic acids is 1. The summed E-state index contributed by atoms with van der Waals surface area (Å²) in [4.78, 5) is 16.6. The smallest absolute Gasteiger partial charge is 0.486 e. The molecule has 43 heavy (non-hydrogen) atoms. The highest BCUT2D eigenvalue weighted by molar-refractivity contribution is 5.98. The first-order chi connectivity index (χ1) is 20.5. The van der Waals surface area contributed by atoms with Crippen molar-refractivity contribution in [2.45, 2.75) is 52.2 Å². The highest BCUT2D eigenvalue weighted by Gasteiger charge is 2.36. The summed E-state index contributed by atoms with van der Waals surface area (Å²) < 4.78 is 69.6. The number of aryl methyl sites for hydroxylation is 1. The highest BCUT2D eigenvalue weighted by Crippen LogP contribution is 2.45. The van der Waals surface area contributed by atoms with E-state index in [9.17, 15) is 23.1 Å². The lowest BCUT2D eigenvalue weighted by atomic mass is 10.0. The van der Waals surface area contributed by atoms with E-state index in [2.05, 4.69) is 15.0 Å². The van der Waals surface area contributed by atoms with E-state index < -0.39 is 23.9 Å². The van der Waals surface area contributed by atoms with Gasteiger partial charge in [-0.3, -0.25) is 0 Å². The Labute approximate surface area is 243 Å². The normalized spacial score (nSPS) is 13.6. The number of carboxylic acids is 1. The summed E-state index contributed by atoms with van der Waals surface area (Å²) in [6.07, 6.45) is -3.25. The molecule has 0 atom stereocenters. The second-order valence-corrected chi connectivity index (χ2v) is 10.1. The van der Waals surface area contributed by atoms with Crippen molar-refractivity contribution in [2.24, 2.45) is 5.16 Å². The summed E-state index contributed by atoms with van der Waals surface area (Å²) in [6.45, 7) is 3.21. The van der Waals surface area contributed by atoms with Crippen molar-refractivity contribution in [1.29, 1.82) is 0 Å². The van der Waals surface area contributed by atoms with E-state index in [1.807, 2.05) is 0 Å². The Morgan fingerprint density at radius 2 is 1.81 bits per heavy atom. The Morgan fingerprint density at radius 3 is 2.51 bits per heavy atom. The number of rotatable bonds is 11. The molecule has 1 saturated carbocycles. The van der Waals surface area contributed by atoms with Gasteiger partial charge in [0, 0.05) is 17.0 Å². The van der Waals surface area contributed by atoms with Gasteiger partial charge in [-0.2, -0.15) is 0 Å². The van der Waals surface area contributed by atoms with E-state index in [0.717, 1.165) is 18.4 Å². The van der Waals surface area contributed by atoms with E-state index in [4.69, 9.17) is 14.1 Å². The molecule has 0 bridgehead atoms. The van der Waals surface area contributed by atoms with Crippen LogP contribution in [0.2, 0.25) is 0 Å². The maximum absolute atomic E-state index is 15.1. The van der Waals surface area contributed by atoms with Gasteiger partial charge in [0.1, 0.15) is 30.4 Å². The maximum Gasteiger partial charge on any atom is 0.573 e. The number of benzene rings is 3. The van der Waals surface area contributed by atoms with Crippen molar-refractivity contribution < 1.29 is 46.3 Å². The minimum absolute atomic E-state index is 0.0184. The van der Waals surface area contributed by atoms with Crippen LogP contribution in [-0.4, -0.2) is 28.3 Å². The number of carboxylic acid groups (broad SMARTS) is 1. The van der Waals surface area contributed by atoms with Crippen molar-refractivity contribution in [2.75, 3.05) is 0 Å². The third-order valence-electron chi connectivity index (χ3n) is 6.67. The molecule has 0 amide bonds. The zero-order valence-electron chi connectivity index (χ0n) is 23.1. The summed E-state index contributed by atoms with van der Waals surface area (Å²) in [5.41, 5.74) is 2.92. The molecule has 0 saturated heterocycles. The lowest BCUT2D eigenvalue weighted by molar-refractivity contribution is -0.274. The predicted octanol–water partition coefficient (Wildman–Crippen LogP) is 7.78. The zero-order chi connectivity index (χ0) is 30.7. The van der Waals surface area contributed by atoms with Gasteiger partial charge in [-0.15, -0.1) is 13.2 Å². The quantitative estimate of drug-likeness (QED) is 0.107. The number of nitrogens with zero attached hydrogens (tertiary/aromatic N) is 2. The first-order valence-corrected chi connectivity index (χ1v) is 13.2. The zero-order valence-corrected chi connectivity index (χ0v) is 23.1. The number of hydrogen-bond acceptors (Lipinski definition) is 7. The molecule has 12 heteroatoms. The fourth-order valence-electron chi connectivity index (χ4n) is 4.53. The van der Waals surface area contributed by atoms with E-state index in [1.54, 1.807) is 38.1 Å². The number of hydrogen-bond donors (Lipinski definition) is 1. The van der Waals surface area contributed by atoms with Gasteiger partial charge < -0.3 is 23.9 Å². The van der Waals surface area contributed by atoms with Crippen LogP contribution in [0.5, 0.6) is 11.5 Å². The second-order valence-electron chi connectivity index (χ2n) is 10.1. The van der Waals surface area contributed by atoms with Crippen LogP contribution in [0.25, 0.3) is 11.3 Å². The average molecular weight is 599 g/mol. The molecule has 1 aliphatic rings. The monoisotopic (exact) mass is 598 g/mol. The molecule has 8 nitrogen and oxygen atoms in total. The van der Waals surface area contributed by atoms with Crippen molar-refractivity contribution in [3.05, 3.63) is 100 Å². The summed E-state index contributed by atoms with van der Waals surface area (Å²) in [5, 5.41) is 17.3. The largest absolute Gasteiger partial charge is 0.573 e. The first-order valence-electron chi connectivity index (χ1n) is 13.2. The van der Waals surface area contributed by atoms with Crippen LogP contribution in [0.1, 0.15) is 64.1 Å². The summed E-state index contributed by atoms with van der Waals surface area (Å²) in [5.74, 6) is -1.73. The standard InChI is InChI=1S/C31H26F4N2O6/c1-17-11-19(13-22(12-17)30(38)39)15-41-36-18(2)21-9-10-27(25(32)14-21)40-16-24-28(37-43-29(24)20-7-8-20)23-5-3-4-6-26(23)42-31(33,34)35/h3-6,9-14,20H,7-8,15-16H2,1-2H3,(H,38,39)/b36-18+. The van der Waals surface area contributed by atoms with Crippen LogP contribution in [0, 0.1) is 12.7 Å². The first kappa shape index (κ1) is 29.6. The van der Waals surface area contributed by atoms with Crippen molar-refractivity contribution in [1.82, 2.24) is 5.16 Å². The van der Waals surface area contributed by atoms with Gasteiger partial charge in [0.15, 0.2) is 11.6 Å². The Kier molecular flexibility index (Phi) is 8.38. The van der Waals surface area contributed by atoms with Crippen LogP contribution in [0.15, 0.2) is 70.3 Å². The number of aromatic nitrogens is 1. The molecule has 1 aliphatic carbocycles. The molecule has 1 fully saturated rings. The Bertz CT molecular complexity index is 1680. The molecule has 3 aromatic carbocycles. The van der Waals surface area contributed by atoms with Crippen LogP contribution < -0.4 is 9.47 Å². The van der Waals surface area contributed by atoms with E-state index in [-0.39, 0.29) is 41.7 Å². The lowest BCUT2D eigenvalue weighted by Crippen LogP contribution is -2.17. The number of halogens is 4. The highest BCUT2D eigenvalue weighted by atomic mass is 19.4. The summed E-state index contributed by atoms with van der Waals surface area (Å²) >= 11 is 0. The van der Waals surface area contributed by atoms with Crippen LogP contribution >= 0.6 is 0 Å². The molecular formula is C31H26F4N2O6. The van der Waals surface area contributed by atoms with Crippen molar-refractivity contribution in [3.8, 4) is 22.8 Å². The molecule has 224 valence electrons. The lowest BCUT2D eigenvalue weighted by Gasteiger charge is -2.13. The number of carbonyl (C=O) groups is 1. The molecule has 5 rings (SSSR count). The number of alkyl halides is 3. The molecule has 1 aromatic heterocycles. The van der Waals surface area contributed by atoms with Gasteiger partial charge in [0.25, 0.3) is 0 Å². The minimum atomic E-state index is -4.91. The molecule has 4 aromatic rings. The van der Waals surface area contributed by atoms with Gasteiger partial charge in [-0.1, -0.05) is 28.5 Å². The SMILES string of the molecule is C/C(=N\OCc1cc(C)cc(C(=O)O)c1)c1ccc(OCc2c(-c3ccccc3OC(F)(F)F)noc2C2CC2)c(F)c1. The second kappa shape index (κ2) is 12.2. The number of para-hydroxylation sites is 1. The van der Waals surface area contributed by atoms with Gasteiger partial charge in [0.05, 0.1) is 16.8 Å².